The largest absolute Gasteiger partial charge is 0.506 e. The summed E-state index contributed by atoms with van der Waals surface area (Å²) in [6, 6.07) is 2.77. The Kier molecular flexibility index (Phi) is 2.60. The molecule has 0 heterocycles. The summed E-state index contributed by atoms with van der Waals surface area (Å²) in [7, 11) is 0. The zero-order valence-electron chi connectivity index (χ0n) is 6.27. The normalized spacial score (nSPS) is 9.92. The Balaban J connectivity index is 3.43. The summed E-state index contributed by atoms with van der Waals surface area (Å²) in [6.45, 7) is 1.34. The van der Waals surface area contributed by atoms with Gasteiger partial charge in [-0.25, -0.2) is 0 Å². The Bertz CT molecular complexity index is 334. The highest BCUT2D eigenvalue weighted by atomic mass is 35.5. The van der Waals surface area contributed by atoms with Crippen molar-refractivity contribution in [2.24, 2.45) is 0 Å². The fourth-order valence-corrected chi connectivity index (χ4v) is 1.50. The van der Waals surface area contributed by atoms with Gasteiger partial charge >= 0.3 is 0 Å². The van der Waals surface area contributed by atoms with Gasteiger partial charge in [-0.3, -0.25) is 4.79 Å². The maximum Gasteiger partial charge on any atom is 0.162 e. The number of halogens is 2. The van der Waals surface area contributed by atoms with Crippen LogP contribution in [0.4, 0.5) is 0 Å². The molecule has 0 aliphatic carbocycles. The molecule has 0 aliphatic rings. The zero-order chi connectivity index (χ0) is 9.30. The van der Waals surface area contributed by atoms with Crippen LogP contribution in [0.3, 0.4) is 0 Å². The molecule has 0 saturated carbocycles. The molecule has 0 amide bonds. The number of rotatable bonds is 1. The number of aromatic hydroxyl groups is 1. The maximum atomic E-state index is 11.0. The molecule has 1 N–H and O–H groups in total. The van der Waals surface area contributed by atoms with Crippen molar-refractivity contribution < 1.29 is 9.90 Å². The minimum absolute atomic E-state index is 0.00926. The SMILES string of the molecule is CC(=O)c1c(Cl)ccc(O)c1Cl. The molecule has 1 aromatic rings. The number of ketones is 1. The third kappa shape index (κ3) is 1.54. The molecule has 0 spiro atoms. The third-order valence-corrected chi connectivity index (χ3v) is 2.12. The number of benzene rings is 1. The molecule has 0 aromatic heterocycles. The summed E-state index contributed by atoms with van der Waals surface area (Å²) < 4.78 is 0. The summed E-state index contributed by atoms with van der Waals surface area (Å²) in [5, 5.41) is 9.39. The van der Waals surface area contributed by atoms with Gasteiger partial charge in [0.05, 0.1) is 15.6 Å². The molecule has 1 rings (SSSR count). The molecule has 0 bridgehead atoms. The molecule has 0 radical (unpaired) electrons. The number of phenolic OH excluding ortho intramolecular Hbond substituents is 1. The summed E-state index contributed by atoms with van der Waals surface area (Å²) in [5.41, 5.74) is 0.165. The van der Waals surface area contributed by atoms with Crippen LogP contribution in [0.5, 0.6) is 5.75 Å². The molecule has 64 valence electrons. The van der Waals surface area contributed by atoms with Crippen molar-refractivity contribution in [3.8, 4) is 5.75 Å². The van der Waals surface area contributed by atoms with Crippen LogP contribution in [0.2, 0.25) is 10.0 Å². The second-order valence-electron chi connectivity index (χ2n) is 2.31. The predicted octanol–water partition coefficient (Wildman–Crippen LogP) is 2.90. The summed E-state index contributed by atoms with van der Waals surface area (Å²) in [6.07, 6.45) is 0. The molecule has 0 aliphatic heterocycles. The number of carbonyl (C=O) groups is 1. The number of phenols is 1. The summed E-state index contributed by atoms with van der Waals surface area (Å²) in [5.74, 6) is -0.396. The van der Waals surface area contributed by atoms with Gasteiger partial charge in [0.15, 0.2) is 5.78 Å². The van der Waals surface area contributed by atoms with Crippen molar-refractivity contribution >= 4 is 29.0 Å². The number of hydrogen-bond acceptors (Lipinski definition) is 2. The van der Waals surface area contributed by atoms with E-state index < -0.39 is 0 Å². The fourth-order valence-electron chi connectivity index (χ4n) is 0.864. The van der Waals surface area contributed by atoms with Gasteiger partial charge in [-0.1, -0.05) is 23.2 Å². The minimum Gasteiger partial charge on any atom is -0.506 e. The average molecular weight is 205 g/mol. The van der Waals surface area contributed by atoms with Crippen LogP contribution in [0.25, 0.3) is 0 Å². The summed E-state index contributed by atoms with van der Waals surface area (Å²) >= 11 is 11.3. The molecule has 0 atom stereocenters. The first kappa shape index (κ1) is 9.36. The number of Topliss-reactive ketones (excluding diaryl/α,β-unsaturated/α-hetero) is 1. The van der Waals surface area contributed by atoms with E-state index >= 15 is 0 Å². The molecule has 1 aromatic carbocycles. The molecular weight excluding hydrogens is 199 g/mol. The van der Waals surface area contributed by atoms with Crippen molar-refractivity contribution in [3.63, 3.8) is 0 Å². The molecule has 12 heavy (non-hydrogen) atoms. The maximum absolute atomic E-state index is 11.0. The van der Waals surface area contributed by atoms with E-state index in [9.17, 15) is 4.79 Å². The quantitative estimate of drug-likeness (QED) is 0.715. The van der Waals surface area contributed by atoms with Crippen LogP contribution in [0.1, 0.15) is 17.3 Å². The van der Waals surface area contributed by atoms with Crippen molar-refractivity contribution in [1.29, 1.82) is 0 Å². The lowest BCUT2D eigenvalue weighted by atomic mass is 10.1. The van der Waals surface area contributed by atoms with Crippen LogP contribution in [0.15, 0.2) is 12.1 Å². The highest BCUT2D eigenvalue weighted by Gasteiger charge is 2.13. The van der Waals surface area contributed by atoms with Crippen molar-refractivity contribution in [2.45, 2.75) is 6.92 Å². The Morgan fingerprint density at radius 1 is 1.42 bits per heavy atom. The molecule has 4 heteroatoms. The Labute approximate surface area is 79.7 Å². The standard InChI is InChI=1S/C8H6Cl2O2/c1-4(11)7-5(9)2-3-6(12)8(7)10/h2-3,12H,1H3. The molecular formula is C8H6Cl2O2. The zero-order valence-corrected chi connectivity index (χ0v) is 7.78. The van der Waals surface area contributed by atoms with E-state index in [2.05, 4.69) is 0 Å². The van der Waals surface area contributed by atoms with Gasteiger partial charge in [-0.15, -0.1) is 0 Å². The first-order valence-electron chi connectivity index (χ1n) is 3.22. The highest BCUT2D eigenvalue weighted by Crippen LogP contribution is 2.32. The van der Waals surface area contributed by atoms with E-state index in [1.807, 2.05) is 0 Å². The van der Waals surface area contributed by atoms with Crippen LogP contribution < -0.4 is 0 Å². The minimum atomic E-state index is -0.263. The highest BCUT2D eigenvalue weighted by molar-refractivity contribution is 6.40. The molecule has 0 saturated heterocycles. The van der Waals surface area contributed by atoms with Crippen LogP contribution in [0, 0.1) is 0 Å². The van der Waals surface area contributed by atoms with E-state index in [0.29, 0.717) is 0 Å². The Hall–Kier alpha value is -0.730. The lowest BCUT2D eigenvalue weighted by Crippen LogP contribution is -1.94. The second-order valence-corrected chi connectivity index (χ2v) is 3.10. The monoisotopic (exact) mass is 204 g/mol. The van der Waals surface area contributed by atoms with Gasteiger partial charge in [-0.05, 0) is 19.1 Å². The van der Waals surface area contributed by atoms with Gasteiger partial charge in [0, 0.05) is 0 Å². The van der Waals surface area contributed by atoms with Gasteiger partial charge in [0.2, 0.25) is 0 Å². The topological polar surface area (TPSA) is 37.3 Å². The number of hydrogen-bond donors (Lipinski definition) is 1. The molecule has 2 nitrogen and oxygen atoms in total. The first-order valence-corrected chi connectivity index (χ1v) is 3.97. The van der Waals surface area contributed by atoms with Crippen molar-refractivity contribution in [3.05, 3.63) is 27.7 Å². The fraction of sp³-hybridized carbons (Fsp3) is 0.125. The third-order valence-electron chi connectivity index (χ3n) is 1.42. The number of carbonyl (C=O) groups excluding carboxylic acids is 1. The van der Waals surface area contributed by atoms with Gasteiger partial charge < -0.3 is 5.11 Å². The first-order chi connectivity index (χ1) is 5.54. The van der Waals surface area contributed by atoms with E-state index in [0.717, 1.165) is 0 Å². The summed E-state index contributed by atoms with van der Waals surface area (Å²) in [4.78, 5) is 11.0. The van der Waals surface area contributed by atoms with E-state index in [1.165, 1.54) is 19.1 Å². The lowest BCUT2D eigenvalue weighted by Gasteiger charge is -2.03. The second kappa shape index (κ2) is 3.33. The van der Waals surface area contributed by atoms with Gasteiger partial charge in [0.1, 0.15) is 5.75 Å². The predicted molar refractivity (Wildman–Crippen MR) is 48.1 cm³/mol. The Morgan fingerprint density at radius 2 is 2.00 bits per heavy atom. The molecule has 0 unspecified atom stereocenters. The van der Waals surface area contributed by atoms with E-state index in [1.54, 1.807) is 0 Å². The smallest absolute Gasteiger partial charge is 0.162 e. The average Bonchev–Trinajstić information content (AvgIpc) is 1.97. The van der Waals surface area contributed by atoms with Gasteiger partial charge in [-0.2, -0.15) is 0 Å². The molecule has 0 fully saturated rings. The van der Waals surface area contributed by atoms with Gasteiger partial charge in [0.25, 0.3) is 0 Å². The van der Waals surface area contributed by atoms with Crippen LogP contribution in [-0.2, 0) is 0 Å². The lowest BCUT2D eigenvalue weighted by molar-refractivity contribution is 0.101. The van der Waals surface area contributed by atoms with E-state index in [-0.39, 0.29) is 27.1 Å². The van der Waals surface area contributed by atoms with E-state index in [4.69, 9.17) is 28.3 Å². The van der Waals surface area contributed by atoms with Crippen LogP contribution >= 0.6 is 23.2 Å². The van der Waals surface area contributed by atoms with Crippen molar-refractivity contribution in [1.82, 2.24) is 0 Å². The van der Waals surface area contributed by atoms with Crippen LogP contribution in [-0.4, -0.2) is 10.9 Å². The Morgan fingerprint density at radius 3 is 2.42 bits per heavy atom. The van der Waals surface area contributed by atoms with Crippen molar-refractivity contribution in [2.75, 3.05) is 0 Å².